The van der Waals surface area contributed by atoms with E-state index in [1.54, 1.807) is 6.92 Å². The SMILES string of the molecule is Cc1c(Cl)c([N+](=O)[O-])nn1CC(=O)NC1C2CC3CC(C2)CC1C3. The summed E-state index contributed by atoms with van der Waals surface area (Å²) in [5.74, 6) is 2.39. The summed E-state index contributed by atoms with van der Waals surface area (Å²) in [6.45, 7) is 1.61. The van der Waals surface area contributed by atoms with Crippen LogP contribution in [0.4, 0.5) is 5.82 Å². The fraction of sp³-hybridized carbons (Fsp3) is 0.750. The Bertz CT molecular complexity index is 674. The zero-order chi connectivity index (χ0) is 17.0. The van der Waals surface area contributed by atoms with E-state index in [-0.39, 0.29) is 23.5 Å². The number of hydrogen-bond acceptors (Lipinski definition) is 4. The molecule has 0 aromatic carbocycles. The topological polar surface area (TPSA) is 90.1 Å². The molecule has 1 N–H and O–H groups in total. The van der Waals surface area contributed by atoms with Crippen LogP contribution in [0.2, 0.25) is 5.02 Å². The molecule has 0 radical (unpaired) electrons. The molecule has 4 aliphatic carbocycles. The van der Waals surface area contributed by atoms with Crippen molar-refractivity contribution in [3.63, 3.8) is 0 Å². The van der Waals surface area contributed by atoms with Gasteiger partial charge in [0.2, 0.25) is 5.91 Å². The average Bonchev–Trinajstić information content (AvgIpc) is 2.79. The summed E-state index contributed by atoms with van der Waals surface area (Å²) < 4.78 is 1.33. The highest BCUT2D eigenvalue weighted by molar-refractivity contribution is 6.33. The first-order valence-electron chi connectivity index (χ1n) is 8.59. The molecule has 4 aliphatic rings. The third-order valence-electron chi connectivity index (χ3n) is 6.14. The van der Waals surface area contributed by atoms with E-state index in [0.29, 0.717) is 17.5 Å². The minimum atomic E-state index is -0.623. The smallest absolute Gasteiger partial charge is 0.358 e. The van der Waals surface area contributed by atoms with Crippen molar-refractivity contribution in [1.29, 1.82) is 0 Å². The van der Waals surface area contributed by atoms with Crippen molar-refractivity contribution in [2.24, 2.45) is 23.7 Å². The maximum Gasteiger partial charge on any atom is 0.408 e. The number of carbonyl (C=O) groups excluding carboxylic acids is 1. The lowest BCUT2D eigenvalue weighted by molar-refractivity contribution is -0.389. The maximum atomic E-state index is 12.5. The van der Waals surface area contributed by atoms with Gasteiger partial charge in [0.25, 0.3) is 0 Å². The molecule has 1 heterocycles. The van der Waals surface area contributed by atoms with Gasteiger partial charge in [-0.05, 0) is 67.6 Å². The predicted molar refractivity (Wildman–Crippen MR) is 87.6 cm³/mol. The van der Waals surface area contributed by atoms with Crippen LogP contribution in [0.1, 0.15) is 37.8 Å². The van der Waals surface area contributed by atoms with E-state index >= 15 is 0 Å². The van der Waals surface area contributed by atoms with Gasteiger partial charge in [0, 0.05) is 6.04 Å². The van der Waals surface area contributed by atoms with Crippen LogP contribution in [0.15, 0.2) is 0 Å². The fourth-order valence-electron chi connectivity index (χ4n) is 5.31. The number of nitrogens with one attached hydrogen (secondary N) is 1. The van der Waals surface area contributed by atoms with Crippen LogP contribution in [0.3, 0.4) is 0 Å². The lowest BCUT2D eigenvalue weighted by atomic mass is 9.54. The molecule has 0 unspecified atom stereocenters. The monoisotopic (exact) mass is 352 g/mol. The largest absolute Gasteiger partial charge is 0.408 e. The van der Waals surface area contributed by atoms with Crippen molar-refractivity contribution < 1.29 is 9.72 Å². The minimum Gasteiger partial charge on any atom is -0.358 e. The molecule has 0 aliphatic heterocycles. The Labute approximate surface area is 144 Å². The maximum absolute atomic E-state index is 12.5. The van der Waals surface area contributed by atoms with Gasteiger partial charge in [-0.15, -0.1) is 0 Å². The van der Waals surface area contributed by atoms with E-state index < -0.39 is 10.7 Å². The summed E-state index contributed by atoms with van der Waals surface area (Å²) in [7, 11) is 0. The Kier molecular flexibility index (Phi) is 3.78. The Morgan fingerprint density at radius 2 is 1.88 bits per heavy atom. The van der Waals surface area contributed by atoms with Gasteiger partial charge < -0.3 is 15.4 Å². The Hall–Kier alpha value is -1.63. The summed E-state index contributed by atoms with van der Waals surface area (Å²) in [5, 5.41) is 17.9. The second-order valence-electron chi connectivity index (χ2n) is 7.66. The molecule has 0 atom stereocenters. The lowest BCUT2D eigenvalue weighted by Gasteiger charge is -2.54. The molecule has 8 heteroatoms. The minimum absolute atomic E-state index is 0.00224. The number of amides is 1. The number of carbonyl (C=O) groups is 1. The van der Waals surface area contributed by atoms with Gasteiger partial charge in [0.15, 0.2) is 5.02 Å². The zero-order valence-electron chi connectivity index (χ0n) is 13.6. The Morgan fingerprint density at radius 1 is 1.29 bits per heavy atom. The second kappa shape index (κ2) is 5.72. The summed E-state index contributed by atoms with van der Waals surface area (Å²) in [4.78, 5) is 22.7. The summed E-state index contributed by atoms with van der Waals surface area (Å²) in [6.07, 6.45) is 6.31. The van der Waals surface area contributed by atoms with Gasteiger partial charge in [-0.25, -0.2) is 0 Å². The highest BCUT2D eigenvalue weighted by Gasteiger charge is 2.48. The van der Waals surface area contributed by atoms with Crippen LogP contribution in [-0.4, -0.2) is 26.7 Å². The second-order valence-corrected chi connectivity index (χ2v) is 8.04. The first-order chi connectivity index (χ1) is 11.4. The molecule has 0 spiro atoms. The molecule has 24 heavy (non-hydrogen) atoms. The molecule has 0 saturated heterocycles. The van der Waals surface area contributed by atoms with Crippen LogP contribution >= 0.6 is 11.6 Å². The standard InChI is InChI=1S/C16H21ClN4O3/c1-8-14(17)16(21(23)24)19-20(8)7-13(22)18-15-11-3-9-2-10(5-11)6-12(15)4-9/h9-12,15H,2-7H2,1H3,(H,18,22). The molecule has 5 rings (SSSR count). The highest BCUT2D eigenvalue weighted by Crippen LogP contribution is 2.53. The van der Waals surface area contributed by atoms with E-state index in [1.165, 1.54) is 36.8 Å². The first kappa shape index (κ1) is 15.9. The van der Waals surface area contributed by atoms with Crippen molar-refractivity contribution in [3.05, 3.63) is 20.8 Å². The molecular formula is C16H21ClN4O3. The molecule has 4 saturated carbocycles. The third kappa shape index (κ3) is 2.59. The summed E-state index contributed by atoms with van der Waals surface area (Å²) >= 11 is 5.93. The van der Waals surface area contributed by atoms with Gasteiger partial charge in [-0.3, -0.25) is 4.79 Å². The van der Waals surface area contributed by atoms with E-state index in [4.69, 9.17) is 11.6 Å². The number of nitro groups is 1. The first-order valence-corrected chi connectivity index (χ1v) is 8.96. The van der Waals surface area contributed by atoms with Crippen LogP contribution in [0.25, 0.3) is 0 Å². The lowest BCUT2D eigenvalue weighted by Crippen LogP contribution is -2.56. The van der Waals surface area contributed by atoms with Gasteiger partial charge in [-0.1, -0.05) is 11.6 Å². The van der Waals surface area contributed by atoms with Gasteiger partial charge >= 0.3 is 5.82 Å². The number of aromatic nitrogens is 2. The van der Waals surface area contributed by atoms with Crippen molar-refractivity contribution in [1.82, 2.24) is 15.1 Å². The summed E-state index contributed by atoms with van der Waals surface area (Å²) in [6, 6.07) is 0.256. The third-order valence-corrected chi connectivity index (χ3v) is 6.58. The van der Waals surface area contributed by atoms with Crippen LogP contribution in [-0.2, 0) is 11.3 Å². The number of halogens is 1. The van der Waals surface area contributed by atoms with Crippen molar-refractivity contribution >= 4 is 23.3 Å². The molecule has 4 fully saturated rings. The van der Waals surface area contributed by atoms with Crippen molar-refractivity contribution in [2.45, 2.75) is 51.6 Å². The van der Waals surface area contributed by atoms with E-state index in [0.717, 1.165) is 11.8 Å². The molecule has 1 aromatic heterocycles. The van der Waals surface area contributed by atoms with Gasteiger partial charge in [-0.2, -0.15) is 4.68 Å². The molecule has 7 nitrogen and oxygen atoms in total. The molecule has 1 amide bonds. The Balaban J connectivity index is 1.44. The van der Waals surface area contributed by atoms with Crippen LogP contribution in [0.5, 0.6) is 0 Å². The molecular weight excluding hydrogens is 332 g/mol. The quantitative estimate of drug-likeness (QED) is 0.666. The fourth-order valence-corrected chi connectivity index (χ4v) is 5.51. The Morgan fingerprint density at radius 3 is 2.38 bits per heavy atom. The van der Waals surface area contributed by atoms with E-state index in [2.05, 4.69) is 10.4 Å². The van der Waals surface area contributed by atoms with Crippen LogP contribution in [0, 0.1) is 40.7 Å². The number of hydrogen-bond donors (Lipinski definition) is 1. The number of rotatable bonds is 4. The molecule has 4 bridgehead atoms. The normalized spacial score (nSPS) is 33.7. The average molecular weight is 353 g/mol. The van der Waals surface area contributed by atoms with Crippen molar-refractivity contribution in [2.75, 3.05) is 0 Å². The van der Waals surface area contributed by atoms with Crippen LogP contribution < -0.4 is 5.32 Å². The number of nitrogens with zero attached hydrogens (tertiary/aromatic N) is 3. The zero-order valence-corrected chi connectivity index (χ0v) is 14.3. The van der Waals surface area contributed by atoms with Gasteiger partial charge in [0.05, 0.1) is 10.8 Å². The van der Waals surface area contributed by atoms with E-state index in [1.807, 2.05) is 0 Å². The van der Waals surface area contributed by atoms with Crippen molar-refractivity contribution in [3.8, 4) is 0 Å². The van der Waals surface area contributed by atoms with E-state index in [9.17, 15) is 14.9 Å². The molecule has 130 valence electrons. The highest BCUT2D eigenvalue weighted by atomic mass is 35.5. The van der Waals surface area contributed by atoms with Gasteiger partial charge in [0.1, 0.15) is 6.54 Å². The molecule has 1 aromatic rings. The summed E-state index contributed by atoms with van der Waals surface area (Å²) in [5.41, 5.74) is 0.448. The predicted octanol–water partition coefficient (Wildman–Crippen LogP) is 2.69.